The van der Waals surface area contributed by atoms with Gasteiger partial charge in [0.15, 0.2) is 0 Å². The smallest absolute Gasteiger partial charge is 0.358 e. The Balaban J connectivity index is 3.54. The summed E-state index contributed by atoms with van der Waals surface area (Å²) in [6.45, 7) is 2.32. The van der Waals surface area contributed by atoms with Gasteiger partial charge >= 0.3 is 5.97 Å². The molecular weight excluding hydrogens is 294 g/mol. The van der Waals surface area contributed by atoms with Gasteiger partial charge in [0.25, 0.3) is 3.79 Å². The average Bonchev–Trinajstić information content (AvgIpc) is 2.16. The fourth-order valence-electron chi connectivity index (χ4n) is 1.12. The molecule has 0 heterocycles. The van der Waals surface area contributed by atoms with Crippen LogP contribution in [-0.2, 0) is 9.53 Å². The number of hydrogen-bond acceptors (Lipinski definition) is 2. The van der Waals surface area contributed by atoms with E-state index >= 15 is 0 Å². The van der Waals surface area contributed by atoms with Gasteiger partial charge in [0, 0.05) is 5.38 Å². The number of halogens is 4. The van der Waals surface area contributed by atoms with E-state index in [1.165, 1.54) is 0 Å². The van der Waals surface area contributed by atoms with Crippen molar-refractivity contribution in [3.05, 3.63) is 0 Å². The predicted octanol–water partition coefficient (Wildman–Crippen LogP) is 4.48. The minimum atomic E-state index is -2.00. The van der Waals surface area contributed by atoms with Gasteiger partial charge in [0.1, 0.15) is 0 Å². The number of carbonyl (C=O) groups is 1. The molecule has 0 aromatic rings. The maximum absolute atomic E-state index is 11.0. The van der Waals surface area contributed by atoms with Gasteiger partial charge in [-0.15, -0.1) is 11.6 Å². The molecule has 0 aromatic heterocycles. The Bertz CT molecular complexity index is 203. The molecule has 0 radical (unpaired) electrons. The molecule has 0 saturated heterocycles. The molecule has 0 aromatic carbocycles. The van der Waals surface area contributed by atoms with Crippen molar-refractivity contribution in [3.8, 4) is 0 Å². The van der Waals surface area contributed by atoms with Gasteiger partial charge in [-0.2, -0.15) is 0 Å². The molecule has 0 rings (SSSR count). The van der Waals surface area contributed by atoms with Crippen LogP contribution in [0.4, 0.5) is 0 Å². The number of hydrogen-bond donors (Lipinski definition) is 0. The summed E-state index contributed by atoms with van der Waals surface area (Å²) in [5.74, 6) is -0.852. The summed E-state index contributed by atoms with van der Waals surface area (Å²) in [5, 5.41) is 0.00901. The molecule has 0 fully saturated rings. The highest BCUT2D eigenvalue weighted by atomic mass is 35.6. The number of rotatable bonds is 7. The van der Waals surface area contributed by atoms with Crippen molar-refractivity contribution in [2.45, 2.75) is 48.2 Å². The zero-order chi connectivity index (χ0) is 12.6. The molecular formula is C10H16Cl4O2. The molecule has 0 saturated carbocycles. The quantitative estimate of drug-likeness (QED) is 0.394. The van der Waals surface area contributed by atoms with E-state index in [0.717, 1.165) is 25.7 Å². The number of ether oxygens (including phenoxy) is 1. The maximum Gasteiger partial charge on any atom is 0.358 e. The molecule has 0 amide bonds. The van der Waals surface area contributed by atoms with Crippen molar-refractivity contribution < 1.29 is 9.53 Å². The highest BCUT2D eigenvalue weighted by Gasteiger charge is 2.32. The van der Waals surface area contributed by atoms with Gasteiger partial charge in [-0.25, -0.2) is 4.79 Å². The second-order valence-electron chi connectivity index (χ2n) is 3.52. The highest BCUT2D eigenvalue weighted by molar-refractivity contribution is 6.75. The summed E-state index contributed by atoms with van der Waals surface area (Å²) in [6, 6.07) is 0. The van der Waals surface area contributed by atoms with Crippen LogP contribution in [0.25, 0.3) is 0 Å². The molecule has 1 atom stereocenters. The Morgan fingerprint density at radius 2 is 1.88 bits per heavy atom. The summed E-state index contributed by atoms with van der Waals surface area (Å²) >= 11 is 22.0. The first kappa shape index (κ1) is 16.6. The summed E-state index contributed by atoms with van der Waals surface area (Å²) in [4.78, 5) is 11.0. The molecule has 0 N–H and O–H groups in total. The lowest BCUT2D eigenvalue weighted by atomic mass is 10.1. The third kappa shape index (κ3) is 8.74. The van der Waals surface area contributed by atoms with Crippen molar-refractivity contribution in [1.82, 2.24) is 0 Å². The third-order valence-electron chi connectivity index (χ3n) is 2.02. The number of alkyl halides is 4. The van der Waals surface area contributed by atoms with Crippen LogP contribution >= 0.6 is 46.4 Å². The molecule has 96 valence electrons. The Labute approximate surface area is 117 Å². The predicted molar refractivity (Wildman–Crippen MR) is 69.6 cm³/mol. The second kappa shape index (κ2) is 8.68. The van der Waals surface area contributed by atoms with Gasteiger partial charge < -0.3 is 4.74 Å². The van der Waals surface area contributed by atoms with Crippen LogP contribution in [0.3, 0.4) is 0 Å². The van der Waals surface area contributed by atoms with Crippen molar-refractivity contribution in [2.75, 3.05) is 6.61 Å². The van der Waals surface area contributed by atoms with E-state index in [2.05, 4.69) is 6.92 Å². The molecule has 0 spiro atoms. The first-order chi connectivity index (χ1) is 7.38. The molecule has 0 aliphatic heterocycles. The van der Waals surface area contributed by atoms with E-state index in [4.69, 9.17) is 51.1 Å². The van der Waals surface area contributed by atoms with E-state index in [1.807, 2.05) is 0 Å². The van der Waals surface area contributed by atoms with Crippen LogP contribution in [0, 0.1) is 0 Å². The van der Waals surface area contributed by atoms with Crippen molar-refractivity contribution in [3.63, 3.8) is 0 Å². The summed E-state index contributed by atoms with van der Waals surface area (Å²) in [7, 11) is 0. The lowest BCUT2D eigenvalue weighted by Gasteiger charge is -2.12. The highest BCUT2D eigenvalue weighted by Crippen LogP contribution is 2.27. The van der Waals surface area contributed by atoms with Gasteiger partial charge in [-0.05, 0) is 12.8 Å². The van der Waals surface area contributed by atoms with Crippen LogP contribution in [0.1, 0.15) is 39.0 Å². The average molecular weight is 310 g/mol. The van der Waals surface area contributed by atoms with E-state index in [1.54, 1.807) is 0 Å². The SMILES string of the molecule is CCCCCC(Cl)CCOC(=O)C(Cl)(Cl)Cl. The fraction of sp³-hybridized carbons (Fsp3) is 0.900. The monoisotopic (exact) mass is 308 g/mol. The standard InChI is InChI=1S/C10H16Cl4O2/c1-2-3-4-5-8(11)6-7-16-9(15)10(12,13)14/h8H,2-7H2,1H3. The van der Waals surface area contributed by atoms with E-state index in [-0.39, 0.29) is 12.0 Å². The van der Waals surface area contributed by atoms with Crippen LogP contribution in [-0.4, -0.2) is 21.7 Å². The molecule has 1 unspecified atom stereocenters. The summed E-state index contributed by atoms with van der Waals surface area (Å²) < 4.78 is 2.77. The maximum atomic E-state index is 11.0. The minimum Gasteiger partial charge on any atom is -0.462 e. The van der Waals surface area contributed by atoms with Crippen LogP contribution in [0.2, 0.25) is 0 Å². The zero-order valence-electron chi connectivity index (χ0n) is 9.15. The fourth-order valence-corrected chi connectivity index (χ4v) is 1.53. The Morgan fingerprint density at radius 1 is 1.25 bits per heavy atom. The Morgan fingerprint density at radius 3 is 2.38 bits per heavy atom. The largest absolute Gasteiger partial charge is 0.462 e. The lowest BCUT2D eigenvalue weighted by Crippen LogP contribution is -2.23. The normalized spacial score (nSPS) is 13.6. The minimum absolute atomic E-state index is 0.00901. The van der Waals surface area contributed by atoms with Gasteiger partial charge in [0.05, 0.1) is 6.61 Å². The van der Waals surface area contributed by atoms with Crippen molar-refractivity contribution in [2.24, 2.45) is 0 Å². The van der Waals surface area contributed by atoms with Gasteiger partial charge in [-0.3, -0.25) is 0 Å². The Kier molecular flexibility index (Phi) is 9.02. The second-order valence-corrected chi connectivity index (χ2v) is 6.41. The number of carbonyl (C=O) groups excluding carboxylic acids is 1. The van der Waals surface area contributed by atoms with E-state index < -0.39 is 9.76 Å². The van der Waals surface area contributed by atoms with Crippen molar-refractivity contribution in [1.29, 1.82) is 0 Å². The first-order valence-electron chi connectivity index (χ1n) is 5.26. The molecule has 0 aliphatic carbocycles. The molecule has 2 nitrogen and oxygen atoms in total. The van der Waals surface area contributed by atoms with E-state index in [0.29, 0.717) is 6.42 Å². The lowest BCUT2D eigenvalue weighted by molar-refractivity contribution is -0.142. The molecule has 6 heteroatoms. The zero-order valence-corrected chi connectivity index (χ0v) is 12.2. The topological polar surface area (TPSA) is 26.3 Å². The van der Waals surface area contributed by atoms with Crippen LogP contribution in [0.15, 0.2) is 0 Å². The van der Waals surface area contributed by atoms with Crippen LogP contribution in [0.5, 0.6) is 0 Å². The van der Waals surface area contributed by atoms with Crippen LogP contribution < -0.4 is 0 Å². The number of esters is 1. The van der Waals surface area contributed by atoms with Gasteiger partial charge in [-0.1, -0.05) is 61.0 Å². The number of unbranched alkanes of at least 4 members (excludes halogenated alkanes) is 2. The first-order valence-corrected chi connectivity index (χ1v) is 6.83. The molecule has 0 bridgehead atoms. The molecule has 16 heavy (non-hydrogen) atoms. The Hall–Kier alpha value is 0.630. The third-order valence-corrected chi connectivity index (χ3v) is 2.92. The summed E-state index contributed by atoms with van der Waals surface area (Å²) in [5.41, 5.74) is 0. The molecule has 0 aliphatic rings. The summed E-state index contributed by atoms with van der Waals surface area (Å²) in [6.07, 6.45) is 4.91. The van der Waals surface area contributed by atoms with Gasteiger partial charge in [0.2, 0.25) is 0 Å². The van der Waals surface area contributed by atoms with E-state index in [9.17, 15) is 4.79 Å². The van der Waals surface area contributed by atoms with Crippen molar-refractivity contribution >= 4 is 52.4 Å².